The Balaban J connectivity index is 1.43. The lowest BCUT2D eigenvalue weighted by atomic mass is 10.0. The second kappa shape index (κ2) is 11.7. The first kappa shape index (κ1) is 24.5. The summed E-state index contributed by atoms with van der Waals surface area (Å²) in [6.07, 6.45) is 8.86. The van der Waals surface area contributed by atoms with E-state index >= 15 is 0 Å². The Morgan fingerprint density at radius 2 is 1.97 bits per heavy atom. The summed E-state index contributed by atoms with van der Waals surface area (Å²) in [6, 6.07) is 6.92. The molecule has 3 aromatic rings. The average molecular weight is 489 g/mol. The third-order valence-electron chi connectivity index (χ3n) is 6.97. The molecule has 0 amide bonds. The highest BCUT2D eigenvalue weighted by Crippen LogP contribution is 2.33. The Morgan fingerprint density at radius 3 is 2.78 bits per heavy atom. The van der Waals surface area contributed by atoms with Crippen molar-refractivity contribution in [1.82, 2.24) is 25.2 Å². The lowest BCUT2D eigenvalue weighted by Crippen LogP contribution is -2.44. The van der Waals surface area contributed by atoms with E-state index in [1.54, 1.807) is 6.08 Å². The van der Waals surface area contributed by atoms with Crippen molar-refractivity contribution in [2.75, 3.05) is 70.5 Å². The number of H-pyrrole nitrogens is 1. The molecule has 0 unspecified atom stereocenters. The topological polar surface area (TPSA) is 78.5 Å². The molecule has 5 rings (SSSR count). The molecule has 2 aliphatic rings. The van der Waals surface area contributed by atoms with E-state index in [0.717, 1.165) is 87.7 Å². The summed E-state index contributed by atoms with van der Waals surface area (Å²) >= 11 is 0. The zero-order valence-corrected chi connectivity index (χ0v) is 21.1. The van der Waals surface area contributed by atoms with E-state index in [0.29, 0.717) is 12.6 Å². The summed E-state index contributed by atoms with van der Waals surface area (Å²) in [4.78, 5) is 17.8. The van der Waals surface area contributed by atoms with Gasteiger partial charge in [0.05, 0.1) is 18.7 Å². The third kappa shape index (κ3) is 5.61. The fraction of sp³-hybridized carbons (Fsp3) is 0.429. The molecule has 8 heteroatoms. The van der Waals surface area contributed by atoms with E-state index in [-0.39, 0.29) is 0 Å². The van der Waals surface area contributed by atoms with Gasteiger partial charge in [-0.2, -0.15) is 9.97 Å². The molecule has 190 valence electrons. The number of aromatic nitrogens is 3. The van der Waals surface area contributed by atoms with Crippen molar-refractivity contribution in [3.05, 3.63) is 60.5 Å². The van der Waals surface area contributed by atoms with Crippen LogP contribution in [0.25, 0.3) is 22.0 Å². The zero-order valence-electron chi connectivity index (χ0n) is 21.1. The van der Waals surface area contributed by atoms with Crippen LogP contribution in [0.15, 0.2) is 49.2 Å². The summed E-state index contributed by atoms with van der Waals surface area (Å²) in [5, 5.41) is 4.50. The van der Waals surface area contributed by atoms with E-state index in [4.69, 9.17) is 19.4 Å². The molecule has 2 aliphatic heterocycles. The molecule has 0 atom stereocenters. The molecule has 2 N–H and O–H groups in total. The normalized spacial score (nSPS) is 17.2. The van der Waals surface area contributed by atoms with Gasteiger partial charge < -0.3 is 24.7 Å². The molecule has 2 saturated heterocycles. The maximum atomic E-state index is 6.07. The first-order valence-corrected chi connectivity index (χ1v) is 12.9. The molecule has 0 spiro atoms. The summed E-state index contributed by atoms with van der Waals surface area (Å²) in [5.74, 6) is 0.951. The number of ether oxygens (including phenoxy) is 2. The summed E-state index contributed by atoms with van der Waals surface area (Å²) in [5.41, 5.74) is 5.75. The molecule has 0 aliphatic carbocycles. The van der Waals surface area contributed by atoms with Gasteiger partial charge in [-0.05, 0) is 30.2 Å². The van der Waals surface area contributed by atoms with E-state index in [9.17, 15) is 0 Å². The SMILES string of the molecule is C=CC=CCc1[nH]cc(-c2ccc3nc(OCCN4CCOCC4)nc(N4CCNCC4)c3c2)c1C. The number of fused-ring (bicyclic) bond motifs is 1. The lowest BCUT2D eigenvalue weighted by Gasteiger charge is -2.29. The van der Waals surface area contributed by atoms with Gasteiger partial charge in [0.2, 0.25) is 0 Å². The third-order valence-corrected chi connectivity index (χ3v) is 6.97. The monoisotopic (exact) mass is 488 g/mol. The van der Waals surface area contributed by atoms with E-state index < -0.39 is 0 Å². The number of allylic oxidation sites excluding steroid dienone is 3. The average Bonchev–Trinajstić information content (AvgIpc) is 3.29. The van der Waals surface area contributed by atoms with E-state index in [1.165, 1.54) is 16.8 Å². The van der Waals surface area contributed by atoms with Gasteiger partial charge in [-0.1, -0.05) is 30.9 Å². The smallest absolute Gasteiger partial charge is 0.318 e. The molecule has 1 aromatic carbocycles. The van der Waals surface area contributed by atoms with Crippen molar-refractivity contribution < 1.29 is 9.47 Å². The lowest BCUT2D eigenvalue weighted by molar-refractivity contribution is 0.0317. The Kier molecular flexibility index (Phi) is 7.95. The van der Waals surface area contributed by atoms with E-state index in [2.05, 4.69) is 64.1 Å². The molecule has 0 bridgehead atoms. The number of hydrogen-bond donors (Lipinski definition) is 2. The van der Waals surface area contributed by atoms with Crippen LogP contribution in [0.1, 0.15) is 11.3 Å². The van der Waals surface area contributed by atoms with Gasteiger partial charge in [0.15, 0.2) is 0 Å². The first-order chi connectivity index (χ1) is 17.7. The number of anilines is 1. The molecule has 2 aromatic heterocycles. The summed E-state index contributed by atoms with van der Waals surface area (Å²) < 4.78 is 11.5. The quantitative estimate of drug-likeness (QED) is 0.447. The molecule has 4 heterocycles. The van der Waals surface area contributed by atoms with Crippen molar-refractivity contribution in [2.45, 2.75) is 13.3 Å². The van der Waals surface area contributed by atoms with Crippen molar-refractivity contribution >= 4 is 16.7 Å². The Morgan fingerprint density at radius 1 is 1.14 bits per heavy atom. The minimum Gasteiger partial charge on any atom is -0.462 e. The van der Waals surface area contributed by atoms with Crippen LogP contribution in [0.2, 0.25) is 0 Å². The van der Waals surface area contributed by atoms with Crippen molar-refractivity contribution in [2.24, 2.45) is 0 Å². The maximum absolute atomic E-state index is 6.07. The first-order valence-electron chi connectivity index (χ1n) is 12.9. The van der Waals surface area contributed by atoms with Crippen LogP contribution in [0.3, 0.4) is 0 Å². The standard InChI is InChI=1S/C28H36N6O2/c1-3-4-5-6-25-21(2)24(20-30-25)22-7-8-26-23(19-22)27(34-11-9-29-10-12-34)32-28(31-26)36-18-15-33-13-16-35-17-14-33/h3-5,7-8,19-20,29-30H,1,6,9-18H2,2H3. The minimum absolute atomic E-state index is 0.450. The number of morpholine rings is 1. The van der Waals surface area contributed by atoms with Crippen LogP contribution in [-0.4, -0.2) is 85.5 Å². The Bertz CT molecular complexity index is 1210. The fourth-order valence-electron chi connectivity index (χ4n) is 4.86. The summed E-state index contributed by atoms with van der Waals surface area (Å²) in [6.45, 7) is 14.5. The number of rotatable bonds is 9. The van der Waals surface area contributed by atoms with Gasteiger partial charge >= 0.3 is 6.01 Å². The van der Waals surface area contributed by atoms with Crippen molar-refractivity contribution in [3.8, 4) is 17.1 Å². The predicted octanol–water partition coefficient (Wildman–Crippen LogP) is 3.34. The highest BCUT2D eigenvalue weighted by Gasteiger charge is 2.19. The van der Waals surface area contributed by atoms with Crippen LogP contribution in [0.5, 0.6) is 6.01 Å². The minimum atomic E-state index is 0.450. The number of benzene rings is 1. The number of aromatic amines is 1. The van der Waals surface area contributed by atoms with Gasteiger partial charge in [0, 0.05) is 75.1 Å². The maximum Gasteiger partial charge on any atom is 0.318 e. The Labute approximate surface area is 213 Å². The number of hydrogen-bond acceptors (Lipinski definition) is 7. The van der Waals surface area contributed by atoms with Crippen LogP contribution < -0.4 is 15.0 Å². The molecule has 36 heavy (non-hydrogen) atoms. The zero-order chi connectivity index (χ0) is 24.7. The van der Waals surface area contributed by atoms with Crippen LogP contribution in [0.4, 0.5) is 5.82 Å². The Hall–Kier alpha value is -3.20. The fourth-order valence-corrected chi connectivity index (χ4v) is 4.86. The highest BCUT2D eigenvalue weighted by atomic mass is 16.5. The van der Waals surface area contributed by atoms with E-state index in [1.807, 2.05) is 6.08 Å². The van der Waals surface area contributed by atoms with Crippen LogP contribution in [-0.2, 0) is 11.2 Å². The number of nitrogens with one attached hydrogen (secondary N) is 2. The van der Waals surface area contributed by atoms with Crippen molar-refractivity contribution in [1.29, 1.82) is 0 Å². The second-order valence-corrected chi connectivity index (χ2v) is 9.28. The number of nitrogens with zero attached hydrogens (tertiary/aromatic N) is 4. The molecule has 0 saturated carbocycles. The van der Waals surface area contributed by atoms with Crippen LogP contribution >= 0.6 is 0 Å². The predicted molar refractivity (Wildman–Crippen MR) is 145 cm³/mol. The van der Waals surface area contributed by atoms with Gasteiger partial charge in [-0.15, -0.1) is 0 Å². The van der Waals surface area contributed by atoms with Gasteiger partial charge in [0.1, 0.15) is 12.4 Å². The van der Waals surface area contributed by atoms with Gasteiger partial charge in [-0.25, -0.2) is 0 Å². The van der Waals surface area contributed by atoms with Gasteiger partial charge in [0.25, 0.3) is 0 Å². The molecule has 8 nitrogen and oxygen atoms in total. The molecular weight excluding hydrogens is 452 g/mol. The molecular formula is C28H36N6O2. The van der Waals surface area contributed by atoms with Gasteiger partial charge in [-0.3, -0.25) is 4.90 Å². The largest absolute Gasteiger partial charge is 0.462 e. The number of piperazine rings is 1. The highest BCUT2D eigenvalue weighted by molar-refractivity contribution is 5.93. The van der Waals surface area contributed by atoms with Crippen LogP contribution in [0, 0.1) is 6.92 Å². The molecule has 0 radical (unpaired) electrons. The second-order valence-electron chi connectivity index (χ2n) is 9.28. The summed E-state index contributed by atoms with van der Waals surface area (Å²) in [7, 11) is 0. The van der Waals surface area contributed by atoms with Crippen molar-refractivity contribution in [3.63, 3.8) is 0 Å². The molecule has 2 fully saturated rings.